The SMILES string of the molecule is CCCCCCCCCCCOC(=O)/C=C/C(=O)N(CCCCCC)CCCCCC. The molecule has 0 fully saturated rings. The summed E-state index contributed by atoms with van der Waals surface area (Å²) in [4.78, 5) is 26.4. The van der Waals surface area contributed by atoms with E-state index in [-0.39, 0.29) is 5.91 Å². The summed E-state index contributed by atoms with van der Waals surface area (Å²) in [6.07, 6.45) is 23.0. The van der Waals surface area contributed by atoms with E-state index in [9.17, 15) is 9.59 Å². The molecule has 0 unspecified atom stereocenters. The van der Waals surface area contributed by atoms with Crippen molar-refractivity contribution >= 4 is 11.9 Å². The Bertz CT molecular complexity index is 436. The lowest BCUT2D eigenvalue weighted by atomic mass is 10.1. The van der Waals surface area contributed by atoms with E-state index in [0.717, 1.165) is 51.6 Å². The maximum atomic E-state index is 12.5. The summed E-state index contributed by atoms with van der Waals surface area (Å²) >= 11 is 0. The standard InChI is InChI=1S/C27H51NO3/c1-4-7-10-13-14-15-16-17-20-25-31-27(30)22-21-26(29)28(23-18-11-8-5-2)24-19-12-9-6-3/h21-22H,4-20,23-25H2,1-3H3/b22-21+. The summed E-state index contributed by atoms with van der Waals surface area (Å²) < 4.78 is 5.26. The number of hydrogen-bond donors (Lipinski definition) is 0. The number of amides is 1. The Morgan fingerprint density at radius 3 is 1.48 bits per heavy atom. The minimum atomic E-state index is -0.398. The fourth-order valence-electron chi connectivity index (χ4n) is 3.67. The molecule has 31 heavy (non-hydrogen) atoms. The molecule has 0 rings (SSSR count). The van der Waals surface area contributed by atoms with Crippen molar-refractivity contribution in [3.63, 3.8) is 0 Å². The Balaban J connectivity index is 4.04. The summed E-state index contributed by atoms with van der Waals surface area (Å²) in [5.41, 5.74) is 0. The first-order valence-electron chi connectivity index (χ1n) is 13.3. The lowest BCUT2D eigenvalue weighted by molar-refractivity contribution is -0.138. The van der Waals surface area contributed by atoms with Crippen LogP contribution in [0.15, 0.2) is 12.2 Å². The van der Waals surface area contributed by atoms with Crippen molar-refractivity contribution in [2.75, 3.05) is 19.7 Å². The third-order valence-corrected chi connectivity index (χ3v) is 5.73. The summed E-state index contributed by atoms with van der Waals surface area (Å²) in [5, 5.41) is 0. The minimum Gasteiger partial charge on any atom is -0.463 e. The molecule has 0 radical (unpaired) electrons. The number of carbonyl (C=O) groups excluding carboxylic acids is 2. The molecule has 0 aromatic heterocycles. The van der Waals surface area contributed by atoms with Gasteiger partial charge in [0.05, 0.1) is 6.61 Å². The van der Waals surface area contributed by atoms with Crippen LogP contribution < -0.4 is 0 Å². The van der Waals surface area contributed by atoms with E-state index in [1.54, 1.807) is 0 Å². The lowest BCUT2D eigenvalue weighted by Crippen LogP contribution is -2.31. The smallest absolute Gasteiger partial charge is 0.330 e. The van der Waals surface area contributed by atoms with E-state index < -0.39 is 5.97 Å². The number of nitrogens with zero attached hydrogens (tertiary/aromatic N) is 1. The first-order valence-corrected chi connectivity index (χ1v) is 13.3. The first-order chi connectivity index (χ1) is 15.2. The summed E-state index contributed by atoms with van der Waals surface area (Å²) in [7, 11) is 0. The van der Waals surface area contributed by atoms with Crippen LogP contribution in [-0.2, 0) is 14.3 Å². The molecule has 0 saturated carbocycles. The largest absolute Gasteiger partial charge is 0.463 e. The van der Waals surface area contributed by atoms with Gasteiger partial charge in [-0.25, -0.2) is 4.79 Å². The molecule has 4 heteroatoms. The van der Waals surface area contributed by atoms with Crippen molar-refractivity contribution in [2.45, 2.75) is 130 Å². The minimum absolute atomic E-state index is 0.0620. The Hall–Kier alpha value is -1.32. The molecular weight excluding hydrogens is 386 g/mol. The normalized spacial score (nSPS) is 11.2. The summed E-state index contributed by atoms with van der Waals surface area (Å²) in [6.45, 7) is 8.63. The van der Waals surface area contributed by atoms with Crippen molar-refractivity contribution < 1.29 is 14.3 Å². The molecule has 0 aliphatic carbocycles. The predicted molar refractivity (Wildman–Crippen MR) is 132 cm³/mol. The fourth-order valence-corrected chi connectivity index (χ4v) is 3.67. The Morgan fingerprint density at radius 2 is 1.00 bits per heavy atom. The zero-order valence-electron chi connectivity index (χ0n) is 21.0. The van der Waals surface area contributed by atoms with E-state index in [1.165, 1.54) is 82.8 Å². The molecule has 1 amide bonds. The molecule has 0 bridgehead atoms. The molecule has 0 aliphatic rings. The van der Waals surface area contributed by atoms with Crippen molar-refractivity contribution in [1.29, 1.82) is 0 Å². The monoisotopic (exact) mass is 437 g/mol. The van der Waals surface area contributed by atoms with Gasteiger partial charge in [-0.3, -0.25) is 4.79 Å². The quantitative estimate of drug-likeness (QED) is 0.0994. The van der Waals surface area contributed by atoms with Crippen LogP contribution in [0.2, 0.25) is 0 Å². The number of hydrogen-bond acceptors (Lipinski definition) is 3. The second-order valence-corrected chi connectivity index (χ2v) is 8.78. The van der Waals surface area contributed by atoms with Gasteiger partial charge in [-0.15, -0.1) is 0 Å². The van der Waals surface area contributed by atoms with Crippen molar-refractivity contribution in [3.05, 3.63) is 12.2 Å². The van der Waals surface area contributed by atoms with Crippen LogP contribution in [0.25, 0.3) is 0 Å². The van der Waals surface area contributed by atoms with Crippen LogP contribution in [-0.4, -0.2) is 36.5 Å². The second-order valence-electron chi connectivity index (χ2n) is 8.78. The van der Waals surface area contributed by atoms with Crippen LogP contribution in [0.1, 0.15) is 130 Å². The molecule has 0 aliphatic heterocycles. The van der Waals surface area contributed by atoms with Crippen LogP contribution in [0.3, 0.4) is 0 Å². The van der Waals surface area contributed by atoms with Gasteiger partial charge in [0.25, 0.3) is 0 Å². The highest BCUT2D eigenvalue weighted by atomic mass is 16.5. The molecule has 0 aromatic carbocycles. The van der Waals surface area contributed by atoms with Gasteiger partial charge >= 0.3 is 5.97 Å². The summed E-state index contributed by atoms with van der Waals surface area (Å²) in [6, 6.07) is 0. The average Bonchev–Trinajstić information content (AvgIpc) is 2.77. The van der Waals surface area contributed by atoms with E-state index in [1.807, 2.05) is 4.90 Å². The van der Waals surface area contributed by atoms with Gasteiger partial charge in [-0.2, -0.15) is 0 Å². The number of ether oxygens (including phenoxy) is 1. The van der Waals surface area contributed by atoms with Gasteiger partial charge in [0.1, 0.15) is 0 Å². The predicted octanol–water partition coefficient (Wildman–Crippen LogP) is 7.61. The van der Waals surface area contributed by atoms with Gasteiger partial charge in [0, 0.05) is 25.2 Å². The van der Waals surface area contributed by atoms with Crippen LogP contribution in [0.4, 0.5) is 0 Å². The molecule has 0 spiro atoms. The Morgan fingerprint density at radius 1 is 0.581 bits per heavy atom. The zero-order valence-corrected chi connectivity index (χ0v) is 21.0. The van der Waals surface area contributed by atoms with Crippen LogP contribution in [0, 0.1) is 0 Å². The molecule has 0 aromatic rings. The average molecular weight is 438 g/mol. The highest BCUT2D eigenvalue weighted by Crippen LogP contribution is 2.10. The Labute approximate surface area is 193 Å². The topological polar surface area (TPSA) is 46.6 Å². The molecule has 4 nitrogen and oxygen atoms in total. The van der Waals surface area contributed by atoms with Gasteiger partial charge in [0.2, 0.25) is 5.91 Å². The maximum Gasteiger partial charge on any atom is 0.330 e. The number of carbonyl (C=O) groups is 2. The maximum absolute atomic E-state index is 12.5. The van der Waals surface area contributed by atoms with Gasteiger partial charge in [-0.1, -0.05) is 111 Å². The number of unbranched alkanes of at least 4 members (excludes halogenated alkanes) is 14. The van der Waals surface area contributed by atoms with E-state index in [0.29, 0.717) is 6.61 Å². The first kappa shape index (κ1) is 29.7. The van der Waals surface area contributed by atoms with Crippen LogP contribution in [0.5, 0.6) is 0 Å². The molecule has 0 N–H and O–H groups in total. The molecule has 0 heterocycles. The highest BCUT2D eigenvalue weighted by molar-refractivity contribution is 5.94. The van der Waals surface area contributed by atoms with Crippen molar-refractivity contribution in [2.24, 2.45) is 0 Å². The molecule has 0 saturated heterocycles. The number of rotatable bonds is 22. The van der Waals surface area contributed by atoms with Gasteiger partial charge in [0.15, 0.2) is 0 Å². The van der Waals surface area contributed by atoms with Crippen molar-refractivity contribution in [3.8, 4) is 0 Å². The molecule has 0 atom stereocenters. The fraction of sp³-hybridized carbons (Fsp3) is 0.852. The van der Waals surface area contributed by atoms with E-state index >= 15 is 0 Å². The van der Waals surface area contributed by atoms with Gasteiger partial charge in [-0.05, 0) is 19.3 Å². The second kappa shape index (κ2) is 23.3. The third kappa shape index (κ3) is 20.3. The molecule has 182 valence electrons. The summed E-state index contributed by atoms with van der Waals surface area (Å²) in [5.74, 6) is -0.460. The van der Waals surface area contributed by atoms with Crippen molar-refractivity contribution in [1.82, 2.24) is 4.90 Å². The Kier molecular flexibility index (Phi) is 22.4. The highest BCUT2D eigenvalue weighted by Gasteiger charge is 2.11. The lowest BCUT2D eigenvalue weighted by Gasteiger charge is -2.21. The molecular formula is C27H51NO3. The third-order valence-electron chi connectivity index (χ3n) is 5.73. The van der Waals surface area contributed by atoms with Crippen LogP contribution >= 0.6 is 0 Å². The van der Waals surface area contributed by atoms with E-state index in [2.05, 4.69) is 20.8 Å². The zero-order chi connectivity index (χ0) is 23.0. The van der Waals surface area contributed by atoms with Gasteiger partial charge < -0.3 is 9.64 Å². The number of esters is 1. The van der Waals surface area contributed by atoms with E-state index in [4.69, 9.17) is 4.74 Å².